The van der Waals surface area contributed by atoms with Gasteiger partial charge in [-0.25, -0.2) is 36.3 Å². The lowest BCUT2D eigenvalue weighted by Crippen LogP contribution is -2.38. The van der Waals surface area contributed by atoms with Gasteiger partial charge >= 0.3 is 0 Å². The zero-order valence-electron chi connectivity index (χ0n) is 16.9. The molecule has 2 heterocycles. The molecule has 0 radical (unpaired) electrons. The van der Waals surface area contributed by atoms with Crippen molar-refractivity contribution < 1.29 is 21.6 Å². The molecule has 0 spiro atoms. The average molecular weight is 463 g/mol. The van der Waals surface area contributed by atoms with E-state index in [1.54, 1.807) is 0 Å². The summed E-state index contributed by atoms with van der Waals surface area (Å²) in [5, 5.41) is 10.4. The molecule has 1 fully saturated rings. The molecule has 1 aliphatic rings. The second-order valence-electron chi connectivity index (χ2n) is 7.67. The van der Waals surface area contributed by atoms with Gasteiger partial charge in [0, 0.05) is 11.4 Å². The third kappa shape index (κ3) is 3.96. The molecule has 0 bridgehead atoms. The van der Waals surface area contributed by atoms with Crippen molar-refractivity contribution in [2.75, 3.05) is 13.3 Å². The Morgan fingerprint density at radius 1 is 1.19 bits per heavy atom. The number of nitriles is 1. The highest BCUT2D eigenvalue weighted by Gasteiger charge is 2.28. The van der Waals surface area contributed by atoms with Crippen molar-refractivity contribution in [3.05, 3.63) is 42.0 Å². The summed E-state index contributed by atoms with van der Waals surface area (Å²) < 4.78 is 68.0. The smallest absolute Gasteiger partial charge is 0.244 e. The Bertz CT molecular complexity index is 1280. The quantitative estimate of drug-likeness (QED) is 0.574. The van der Waals surface area contributed by atoms with Gasteiger partial charge in [0.2, 0.25) is 10.0 Å². The maximum absolute atomic E-state index is 14.0. The van der Waals surface area contributed by atoms with Crippen molar-refractivity contribution in [3.8, 4) is 17.6 Å². The summed E-state index contributed by atoms with van der Waals surface area (Å²) in [4.78, 5) is 7.94. The first-order chi connectivity index (χ1) is 15.4. The molecule has 0 unspecified atom stereocenters. The van der Waals surface area contributed by atoms with Crippen LogP contribution in [0.2, 0.25) is 0 Å². The summed E-state index contributed by atoms with van der Waals surface area (Å²) in [6.07, 6.45) is 5.74. The average Bonchev–Trinajstić information content (AvgIpc) is 3.42. The van der Waals surface area contributed by atoms with Crippen molar-refractivity contribution in [1.82, 2.24) is 19.3 Å². The Labute approximate surface area is 183 Å². The molecule has 168 valence electrons. The highest BCUT2D eigenvalue weighted by molar-refractivity contribution is 7.89. The number of hydrogen-bond donors (Lipinski definition) is 1. The lowest BCUT2D eigenvalue weighted by molar-refractivity contribution is 0.334. The van der Waals surface area contributed by atoms with Crippen LogP contribution in [-0.2, 0) is 10.0 Å². The fourth-order valence-corrected chi connectivity index (χ4v) is 5.21. The second-order valence-corrected chi connectivity index (χ2v) is 9.39. The first-order valence-corrected chi connectivity index (χ1v) is 11.6. The number of nitrogens with zero attached hydrogens (tertiary/aromatic N) is 4. The van der Waals surface area contributed by atoms with E-state index < -0.39 is 35.2 Å². The van der Waals surface area contributed by atoms with Gasteiger partial charge in [0.1, 0.15) is 35.8 Å². The van der Waals surface area contributed by atoms with Crippen molar-refractivity contribution >= 4 is 20.9 Å². The van der Waals surface area contributed by atoms with Crippen LogP contribution in [0.15, 0.2) is 35.5 Å². The Morgan fingerprint density at radius 3 is 2.44 bits per heavy atom. The van der Waals surface area contributed by atoms with Gasteiger partial charge in [-0.2, -0.15) is 5.26 Å². The second kappa shape index (κ2) is 8.88. The van der Waals surface area contributed by atoms with Crippen LogP contribution in [0.4, 0.5) is 13.2 Å². The Hall–Kier alpha value is -2.97. The maximum Gasteiger partial charge on any atom is 0.244 e. The Morgan fingerprint density at radius 2 is 1.84 bits per heavy atom. The molecule has 4 rings (SSSR count). The van der Waals surface area contributed by atoms with Gasteiger partial charge < -0.3 is 4.57 Å². The van der Waals surface area contributed by atoms with E-state index in [2.05, 4.69) is 16.0 Å². The van der Waals surface area contributed by atoms with Crippen LogP contribution < -0.4 is 4.72 Å². The van der Waals surface area contributed by atoms with Gasteiger partial charge in [0.25, 0.3) is 0 Å². The number of sulfonamides is 1. The molecule has 11 heteroatoms. The zero-order valence-corrected chi connectivity index (χ0v) is 17.7. The number of hydrogen-bond acceptors (Lipinski definition) is 5. The van der Waals surface area contributed by atoms with E-state index in [9.17, 15) is 26.9 Å². The molecule has 1 N–H and O–H groups in total. The number of alkyl halides is 2. The highest BCUT2D eigenvalue weighted by atomic mass is 32.2. The summed E-state index contributed by atoms with van der Waals surface area (Å²) in [7, 11) is -4.23. The number of fused-ring (bicyclic) bond motifs is 1. The molecule has 0 aliphatic heterocycles. The largest absolute Gasteiger partial charge is 0.334 e. The molecule has 3 aromatic rings. The van der Waals surface area contributed by atoms with E-state index in [0.29, 0.717) is 16.6 Å². The molecule has 7 nitrogen and oxygen atoms in total. The summed E-state index contributed by atoms with van der Waals surface area (Å²) >= 11 is 0. The van der Waals surface area contributed by atoms with Crippen LogP contribution in [0.3, 0.4) is 0 Å². The SMILES string of the molecule is N#Cc1c(-c2ncc(S(=O)(=O)NC(CF)CF)cn2)n(C2CCCC2)c2cc(F)ccc12. The van der Waals surface area contributed by atoms with Crippen LogP contribution in [0.5, 0.6) is 0 Å². The Kier molecular flexibility index (Phi) is 6.17. The van der Waals surface area contributed by atoms with Crippen molar-refractivity contribution in [1.29, 1.82) is 5.26 Å². The minimum absolute atomic E-state index is 0.0277. The van der Waals surface area contributed by atoms with Gasteiger partial charge in [-0.05, 0) is 31.0 Å². The van der Waals surface area contributed by atoms with Gasteiger partial charge in [0.15, 0.2) is 5.82 Å². The molecule has 2 aromatic heterocycles. The van der Waals surface area contributed by atoms with Crippen LogP contribution in [-0.4, -0.2) is 42.3 Å². The van der Waals surface area contributed by atoms with E-state index in [1.165, 1.54) is 18.2 Å². The third-order valence-corrected chi connectivity index (χ3v) is 7.09. The van der Waals surface area contributed by atoms with Gasteiger partial charge in [-0.15, -0.1) is 0 Å². The van der Waals surface area contributed by atoms with Crippen molar-refractivity contribution in [3.63, 3.8) is 0 Å². The number of rotatable bonds is 7. The molecule has 32 heavy (non-hydrogen) atoms. The predicted molar refractivity (Wildman–Crippen MR) is 111 cm³/mol. The number of halogens is 3. The topological polar surface area (TPSA) is 101 Å². The Balaban J connectivity index is 1.83. The molecular formula is C21H20F3N5O2S. The van der Waals surface area contributed by atoms with Gasteiger partial charge in [-0.3, -0.25) is 0 Å². The number of benzene rings is 1. The molecule has 0 saturated heterocycles. The zero-order chi connectivity index (χ0) is 22.9. The highest BCUT2D eigenvalue weighted by Crippen LogP contribution is 2.40. The molecule has 1 aromatic carbocycles. The van der Waals surface area contributed by atoms with E-state index in [4.69, 9.17) is 0 Å². The lowest BCUT2D eigenvalue weighted by Gasteiger charge is -2.17. The van der Waals surface area contributed by atoms with E-state index in [0.717, 1.165) is 38.1 Å². The first-order valence-electron chi connectivity index (χ1n) is 10.1. The molecular weight excluding hydrogens is 443 g/mol. The fraction of sp³-hybridized carbons (Fsp3) is 0.381. The van der Waals surface area contributed by atoms with Crippen LogP contribution in [0.1, 0.15) is 37.3 Å². The summed E-state index contributed by atoms with van der Waals surface area (Å²) in [5.41, 5.74) is 1.22. The standard InChI is InChI=1S/C21H20F3N5O2S/c22-8-14(9-23)28-32(30,31)16-11-26-21(27-12-16)20-18(10-25)17-6-5-13(24)7-19(17)29(20)15-3-1-2-4-15/h5-7,11-12,14-15,28H,1-4,8-9H2. The summed E-state index contributed by atoms with van der Waals surface area (Å²) in [5.74, 6) is -0.328. The van der Waals surface area contributed by atoms with Gasteiger partial charge in [-0.1, -0.05) is 12.8 Å². The van der Waals surface area contributed by atoms with E-state index in [1.807, 2.05) is 9.29 Å². The predicted octanol–water partition coefficient (Wildman–Crippen LogP) is 3.81. The van der Waals surface area contributed by atoms with Crippen molar-refractivity contribution in [2.24, 2.45) is 0 Å². The first kappa shape index (κ1) is 22.2. The molecule has 1 saturated carbocycles. The monoisotopic (exact) mass is 463 g/mol. The lowest BCUT2D eigenvalue weighted by atomic mass is 10.1. The van der Waals surface area contributed by atoms with Crippen LogP contribution in [0, 0.1) is 17.1 Å². The molecule has 0 amide bonds. The third-order valence-electron chi connectivity index (χ3n) is 5.61. The van der Waals surface area contributed by atoms with Gasteiger partial charge in [0.05, 0.1) is 29.5 Å². The summed E-state index contributed by atoms with van der Waals surface area (Å²) in [6, 6.07) is 4.87. The van der Waals surface area contributed by atoms with E-state index in [-0.39, 0.29) is 22.3 Å². The number of aromatic nitrogens is 3. The maximum atomic E-state index is 14.0. The minimum atomic E-state index is -4.23. The molecule has 1 aliphatic carbocycles. The van der Waals surface area contributed by atoms with E-state index >= 15 is 0 Å². The molecule has 0 atom stereocenters. The minimum Gasteiger partial charge on any atom is -0.334 e. The van der Waals surface area contributed by atoms with Crippen molar-refractivity contribution in [2.45, 2.75) is 42.7 Å². The fourth-order valence-electron chi connectivity index (χ4n) is 4.13. The number of nitrogens with one attached hydrogen (secondary N) is 1. The van der Waals surface area contributed by atoms with Crippen LogP contribution in [0.25, 0.3) is 22.4 Å². The van der Waals surface area contributed by atoms with Crippen LogP contribution >= 0.6 is 0 Å². The summed E-state index contributed by atoms with van der Waals surface area (Å²) in [6.45, 7) is -2.39. The normalized spacial score (nSPS) is 15.0.